The second-order valence-corrected chi connectivity index (χ2v) is 7.84. The Morgan fingerprint density at radius 3 is 2.93 bits per heavy atom. The number of aromatic nitrogens is 4. The summed E-state index contributed by atoms with van der Waals surface area (Å²) < 4.78 is 5.53. The van der Waals surface area contributed by atoms with Crippen LogP contribution in [0.2, 0.25) is 0 Å². The van der Waals surface area contributed by atoms with Crippen molar-refractivity contribution in [2.45, 2.75) is 53.0 Å². The number of amides is 1. The molecule has 1 amide bonds. The monoisotopic (exact) mass is 394 g/mol. The average Bonchev–Trinajstić information content (AvgIpc) is 3.32. The standard InChI is InChI=1S/C21H26N6O2/c1-12(2)20-23-18(24-25-20)10-19(28)27-9-8-17-15(11-27)21(26-29-17)22-16-7-5-6-13(3)14(16)4/h5-7,12H,8-11H2,1-4H3,(H,22,26)(H,23,24,25). The number of carbonyl (C=O) groups excluding carboxylic acids is 1. The number of H-pyrrole nitrogens is 1. The Bertz CT molecular complexity index is 1040. The van der Waals surface area contributed by atoms with E-state index < -0.39 is 0 Å². The van der Waals surface area contributed by atoms with Gasteiger partial charge in [0.25, 0.3) is 0 Å². The van der Waals surface area contributed by atoms with Crippen LogP contribution in [-0.2, 0) is 24.2 Å². The molecule has 0 saturated heterocycles. The fraction of sp³-hybridized carbons (Fsp3) is 0.429. The SMILES string of the molecule is Cc1cccc(Nc2noc3c2CN(C(=O)Cc2nc(C(C)C)n[nH]2)CC3)c1C. The van der Waals surface area contributed by atoms with E-state index in [0.717, 1.165) is 22.8 Å². The van der Waals surface area contributed by atoms with Crippen molar-refractivity contribution in [3.63, 3.8) is 0 Å². The van der Waals surface area contributed by atoms with Gasteiger partial charge in [-0.1, -0.05) is 31.1 Å². The minimum atomic E-state index is 0.0148. The van der Waals surface area contributed by atoms with Crippen LogP contribution in [0.25, 0.3) is 0 Å². The van der Waals surface area contributed by atoms with E-state index in [1.54, 1.807) is 0 Å². The molecular weight excluding hydrogens is 368 g/mol. The van der Waals surface area contributed by atoms with E-state index in [0.29, 0.717) is 31.2 Å². The smallest absolute Gasteiger partial charge is 0.230 e. The second kappa shape index (κ2) is 7.69. The van der Waals surface area contributed by atoms with Crippen LogP contribution in [0.5, 0.6) is 0 Å². The molecular formula is C21H26N6O2. The molecule has 3 aromatic rings. The van der Waals surface area contributed by atoms with Crippen molar-refractivity contribution in [1.29, 1.82) is 0 Å². The van der Waals surface area contributed by atoms with E-state index in [4.69, 9.17) is 4.52 Å². The first-order valence-electron chi connectivity index (χ1n) is 9.92. The van der Waals surface area contributed by atoms with Gasteiger partial charge in [-0.15, -0.1) is 0 Å². The highest BCUT2D eigenvalue weighted by Crippen LogP contribution is 2.30. The van der Waals surface area contributed by atoms with Crippen molar-refractivity contribution in [2.75, 3.05) is 11.9 Å². The zero-order valence-electron chi connectivity index (χ0n) is 17.2. The van der Waals surface area contributed by atoms with Gasteiger partial charge in [0.05, 0.1) is 18.5 Å². The Kier molecular flexibility index (Phi) is 5.08. The number of hydrogen-bond donors (Lipinski definition) is 2. The number of aryl methyl sites for hydroxylation is 1. The third-order valence-corrected chi connectivity index (χ3v) is 5.42. The van der Waals surface area contributed by atoms with Gasteiger partial charge < -0.3 is 14.7 Å². The van der Waals surface area contributed by atoms with Gasteiger partial charge in [-0.05, 0) is 31.0 Å². The van der Waals surface area contributed by atoms with E-state index in [1.807, 2.05) is 30.9 Å². The lowest BCUT2D eigenvalue weighted by Crippen LogP contribution is -2.36. The third-order valence-electron chi connectivity index (χ3n) is 5.42. The summed E-state index contributed by atoms with van der Waals surface area (Å²) in [6, 6.07) is 6.11. The number of benzene rings is 1. The molecule has 152 valence electrons. The van der Waals surface area contributed by atoms with Crippen LogP contribution in [0.3, 0.4) is 0 Å². The van der Waals surface area contributed by atoms with Gasteiger partial charge >= 0.3 is 0 Å². The maximum atomic E-state index is 12.8. The summed E-state index contributed by atoms with van der Waals surface area (Å²) in [7, 11) is 0. The van der Waals surface area contributed by atoms with Crippen LogP contribution in [0, 0.1) is 13.8 Å². The van der Waals surface area contributed by atoms with E-state index >= 15 is 0 Å². The molecule has 0 radical (unpaired) electrons. The Balaban J connectivity index is 1.48. The molecule has 4 rings (SSSR count). The Hall–Kier alpha value is -3.16. The molecule has 29 heavy (non-hydrogen) atoms. The summed E-state index contributed by atoms with van der Waals surface area (Å²) in [5, 5.41) is 14.6. The van der Waals surface area contributed by atoms with Crippen LogP contribution in [0.4, 0.5) is 11.5 Å². The van der Waals surface area contributed by atoms with E-state index in [1.165, 1.54) is 11.1 Å². The van der Waals surface area contributed by atoms with Crippen LogP contribution in [-0.4, -0.2) is 37.7 Å². The lowest BCUT2D eigenvalue weighted by Gasteiger charge is -2.26. The summed E-state index contributed by atoms with van der Waals surface area (Å²) in [6.07, 6.45) is 0.857. The third kappa shape index (κ3) is 3.87. The molecule has 0 aliphatic carbocycles. The van der Waals surface area contributed by atoms with Gasteiger partial charge in [0, 0.05) is 24.6 Å². The zero-order valence-corrected chi connectivity index (χ0v) is 17.2. The molecule has 0 fully saturated rings. The summed E-state index contributed by atoms with van der Waals surface area (Å²) in [4.78, 5) is 19.1. The van der Waals surface area contributed by atoms with E-state index in [2.05, 4.69) is 45.6 Å². The number of nitrogens with zero attached hydrogens (tertiary/aromatic N) is 4. The Morgan fingerprint density at radius 2 is 2.17 bits per heavy atom. The molecule has 8 nitrogen and oxygen atoms in total. The van der Waals surface area contributed by atoms with Gasteiger partial charge in [0.1, 0.15) is 11.6 Å². The highest BCUT2D eigenvalue weighted by molar-refractivity contribution is 5.78. The molecule has 0 saturated carbocycles. The Morgan fingerprint density at radius 1 is 1.34 bits per heavy atom. The highest BCUT2D eigenvalue weighted by atomic mass is 16.5. The van der Waals surface area contributed by atoms with Gasteiger partial charge in [0.15, 0.2) is 11.6 Å². The van der Waals surface area contributed by atoms with Crippen molar-refractivity contribution in [3.05, 3.63) is 52.3 Å². The minimum absolute atomic E-state index is 0.0148. The molecule has 0 atom stereocenters. The van der Waals surface area contributed by atoms with E-state index in [-0.39, 0.29) is 18.2 Å². The number of carbonyl (C=O) groups is 1. The van der Waals surface area contributed by atoms with Crippen molar-refractivity contribution < 1.29 is 9.32 Å². The fourth-order valence-electron chi connectivity index (χ4n) is 3.44. The first-order chi connectivity index (χ1) is 13.9. The van der Waals surface area contributed by atoms with Gasteiger partial charge in [-0.3, -0.25) is 9.89 Å². The lowest BCUT2D eigenvalue weighted by molar-refractivity contribution is -0.131. The normalized spacial score (nSPS) is 13.6. The topological polar surface area (TPSA) is 99.9 Å². The number of nitrogens with one attached hydrogen (secondary N) is 2. The average molecular weight is 394 g/mol. The largest absolute Gasteiger partial charge is 0.359 e. The summed E-state index contributed by atoms with van der Waals surface area (Å²) >= 11 is 0. The predicted octanol–water partition coefficient (Wildman–Crippen LogP) is 3.40. The summed E-state index contributed by atoms with van der Waals surface area (Å²) in [5.74, 6) is 3.08. The number of rotatable bonds is 5. The number of anilines is 2. The van der Waals surface area contributed by atoms with Crippen molar-refractivity contribution >= 4 is 17.4 Å². The number of hydrogen-bond acceptors (Lipinski definition) is 6. The highest BCUT2D eigenvalue weighted by Gasteiger charge is 2.28. The van der Waals surface area contributed by atoms with Gasteiger partial charge in [-0.25, -0.2) is 4.98 Å². The van der Waals surface area contributed by atoms with Gasteiger partial charge in [0.2, 0.25) is 5.91 Å². The minimum Gasteiger partial charge on any atom is -0.359 e. The van der Waals surface area contributed by atoms with Crippen molar-refractivity contribution in [2.24, 2.45) is 0 Å². The van der Waals surface area contributed by atoms with Crippen molar-refractivity contribution in [3.8, 4) is 0 Å². The summed E-state index contributed by atoms with van der Waals surface area (Å²) in [6.45, 7) is 9.27. The number of fused-ring (bicyclic) bond motifs is 1. The lowest BCUT2D eigenvalue weighted by atomic mass is 10.1. The number of aromatic amines is 1. The zero-order chi connectivity index (χ0) is 20.5. The van der Waals surface area contributed by atoms with Crippen LogP contribution in [0.15, 0.2) is 22.7 Å². The predicted molar refractivity (Wildman–Crippen MR) is 109 cm³/mol. The maximum absolute atomic E-state index is 12.8. The van der Waals surface area contributed by atoms with Crippen molar-refractivity contribution in [1.82, 2.24) is 25.2 Å². The van der Waals surface area contributed by atoms with Crippen LogP contribution in [0.1, 0.15) is 53.9 Å². The van der Waals surface area contributed by atoms with Crippen LogP contribution >= 0.6 is 0 Å². The second-order valence-electron chi connectivity index (χ2n) is 7.84. The molecule has 8 heteroatoms. The fourth-order valence-corrected chi connectivity index (χ4v) is 3.44. The molecule has 0 bridgehead atoms. The molecule has 0 spiro atoms. The Labute approximate surface area is 169 Å². The molecule has 3 heterocycles. The van der Waals surface area contributed by atoms with Gasteiger partial charge in [-0.2, -0.15) is 5.10 Å². The van der Waals surface area contributed by atoms with Crippen LogP contribution < -0.4 is 5.32 Å². The molecule has 1 aromatic carbocycles. The maximum Gasteiger partial charge on any atom is 0.230 e. The summed E-state index contributed by atoms with van der Waals surface area (Å²) in [5.41, 5.74) is 4.30. The molecule has 1 aliphatic rings. The first-order valence-corrected chi connectivity index (χ1v) is 9.92. The first kappa shape index (κ1) is 19.2. The molecule has 2 aromatic heterocycles. The van der Waals surface area contributed by atoms with E-state index in [9.17, 15) is 4.79 Å². The molecule has 2 N–H and O–H groups in total. The molecule has 1 aliphatic heterocycles. The molecule has 0 unspecified atom stereocenters. The quantitative estimate of drug-likeness (QED) is 0.688.